The highest BCUT2D eigenvalue weighted by molar-refractivity contribution is 6.33. The molecule has 0 bridgehead atoms. The maximum Gasteiger partial charge on any atom is 0.420 e. The van der Waals surface area contributed by atoms with Gasteiger partial charge in [-0.3, -0.25) is 19.5 Å². The van der Waals surface area contributed by atoms with Gasteiger partial charge in [0.05, 0.1) is 27.2 Å². The van der Waals surface area contributed by atoms with Crippen LogP contribution in [0.5, 0.6) is 0 Å². The van der Waals surface area contributed by atoms with Gasteiger partial charge in [-0.05, 0) is 30.7 Å². The molecule has 9 heteroatoms. The van der Waals surface area contributed by atoms with Crippen LogP contribution in [0, 0.1) is 17.0 Å². The molecule has 0 saturated heterocycles. The van der Waals surface area contributed by atoms with Gasteiger partial charge in [-0.2, -0.15) is 0 Å². The molecule has 128 valence electrons. The van der Waals surface area contributed by atoms with E-state index in [1.54, 1.807) is 18.2 Å². The summed E-state index contributed by atoms with van der Waals surface area (Å²) < 4.78 is 6.07. The molecule has 0 radical (unpaired) electrons. The Morgan fingerprint density at radius 1 is 1.32 bits per heavy atom. The van der Waals surface area contributed by atoms with Crippen molar-refractivity contribution in [2.45, 2.75) is 13.5 Å². The molecule has 0 atom stereocenters. The van der Waals surface area contributed by atoms with E-state index in [0.717, 1.165) is 16.2 Å². The average Bonchev–Trinajstić information content (AvgIpc) is 2.85. The van der Waals surface area contributed by atoms with Crippen LogP contribution >= 0.6 is 11.6 Å². The van der Waals surface area contributed by atoms with Crippen LogP contribution in [0.15, 0.2) is 45.6 Å². The number of fused-ring (bicyclic) bond motifs is 1. The van der Waals surface area contributed by atoms with Crippen LogP contribution in [0.25, 0.3) is 11.1 Å². The van der Waals surface area contributed by atoms with E-state index in [1.165, 1.54) is 12.1 Å². The van der Waals surface area contributed by atoms with Crippen molar-refractivity contribution < 1.29 is 14.1 Å². The van der Waals surface area contributed by atoms with Gasteiger partial charge in [-0.1, -0.05) is 17.7 Å². The van der Waals surface area contributed by atoms with Crippen LogP contribution in [0.2, 0.25) is 5.02 Å². The minimum Gasteiger partial charge on any atom is -0.407 e. The maximum atomic E-state index is 12.2. The van der Waals surface area contributed by atoms with Crippen LogP contribution in [0.3, 0.4) is 0 Å². The highest BCUT2D eigenvalue weighted by Crippen LogP contribution is 2.23. The molecule has 0 unspecified atom stereocenters. The third-order valence-corrected chi connectivity index (χ3v) is 3.88. The predicted octanol–water partition coefficient (Wildman–Crippen LogP) is 3.10. The van der Waals surface area contributed by atoms with E-state index in [0.29, 0.717) is 16.2 Å². The van der Waals surface area contributed by atoms with Crippen LogP contribution in [-0.4, -0.2) is 15.4 Å². The number of benzene rings is 2. The van der Waals surface area contributed by atoms with E-state index in [9.17, 15) is 19.7 Å². The zero-order valence-corrected chi connectivity index (χ0v) is 13.7. The summed E-state index contributed by atoms with van der Waals surface area (Å²) >= 11 is 6.06. The summed E-state index contributed by atoms with van der Waals surface area (Å²) in [6.45, 7) is 1.56. The monoisotopic (exact) mass is 361 g/mol. The number of carbonyl (C=O) groups is 1. The lowest BCUT2D eigenvalue weighted by molar-refractivity contribution is -0.384. The molecule has 2 aromatic carbocycles. The smallest absolute Gasteiger partial charge is 0.407 e. The van der Waals surface area contributed by atoms with Gasteiger partial charge in [0, 0.05) is 6.07 Å². The molecule has 0 aliphatic carbocycles. The maximum absolute atomic E-state index is 12.2. The molecule has 3 aromatic rings. The Hall–Kier alpha value is -3.13. The van der Waals surface area contributed by atoms with Crippen molar-refractivity contribution in [2.24, 2.45) is 0 Å². The second kappa shape index (κ2) is 6.40. The van der Waals surface area contributed by atoms with E-state index in [1.807, 2.05) is 6.92 Å². The number of nitrogens with one attached hydrogen (secondary N) is 1. The SMILES string of the molecule is Cc1ccc(NC(=O)Cn2c(=O)oc3cc([N+](=O)[O-])ccc32)c(Cl)c1. The van der Waals surface area contributed by atoms with E-state index in [4.69, 9.17) is 16.0 Å². The van der Waals surface area contributed by atoms with Gasteiger partial charge in [0.25, 0.3) is 5.69 Å². The van der Waals surface area contributed by atoms with Gasteiger partial charge < -0.3 is 9.73 Å². The number of anilines is 1. The summed E-state index contributed by atoms with van der Waals surface area (Å²) in [7, 11) is 0. The minimum atomic E-state index is -0.777. The van der Waals surface area contributed by atoms with Crippen molar-refractivity contribution in [3.63, 3.8) is 0 Å². The number of hydrogen-bond donors (Lipinski definition) is 1. The number of non-ortho nitro benzene ring substituents is 1. The first-order valence-electron chi connectivity index (χ1n) is 7.19. The fraction of sp³-hybridized carbons (Fsp3) is 0.125. The first-order chi connectivity index (χ1) is 11.8. The molecule has 0 fully saturated rings. The lowest BCUT2D eigenvalue weighted by Gasteiger charge is -2.08. The van der Waals surface area contributed by atoms with Crippen molar-refractivity contribution in [2.75, 3.05) is 5.32 Å². The quantitative estimate of drug-likeness (QED) is 0.567. The summed E-state index contributed by atoms with van der Waals surface area (Å²) in [5.74, 6) is -1.26. The van der Waals surface area contributed by atoms with E-state index >= 15 is 0 Å². The molecule has 0 aliphatic heterocycles. The molecule has 0 aliphatic rings. The molecule has 1 amide bonds. The number of hydrogen-bond acceptors (Lipinski definition) is 5. The van der Waals surface area contributed by atoms with Crippen molar-refractivity contribution >= 4 is 40.0 Å². The zero-order chi connectivity index (χ0) is 18.1. The lowest BCUT2D eigenvalue weighted by Crippen LogP contribution is -2.24. The van der Waals surface area contributed by atoms with Crippen LogP contribution in [0.1, 0.15) is 5.56 Å². The number of aryl methyl sites for hydroxylation is 1. The Kier molecular flexibility index (Phi) is 4.28. The molecule has 1 N–H and O–H groups in total. The Morgan fingerprint density at radius 3 is 2.76 bits per heavy atom. The summed E-state index contributed by atoms with van der Waals surface area (Å²) in [5.41, 5.74) is 1.50. The number of oxazole rings is 1. The zero-order valence-electron chi connectivity index (χ0n) is 13.0. The fourth-order valence-electron chi connectivity index (χ4n) is 2.37. The van der Waals surface area contributed by atoms with Gasteiger partial charge in [-0.15, -0.1) is 0 Å². The molecule has 1 heterocycles. The van der Waals surface area contributed by atoms with Gasteiger partial charge in [0.15, 0.2) is 5.58 Å². The molecule has 3 rings (SSSR count). The third kappa shape index (κ3) is 3.38. The van der Waals surface area contributed by atoms with Crippen LogP contribution in [0.4, 0.5) is 11.4 Å². The Balaban J connectivity index is 1.87. The highest BCUT2D eigenvalue weighted by atomic mass is 35.5. The third-order valence-electron chi connectivity index (χ3n) is 3.56. The molecular weight excluding hydrogens is 350 g/mol. The van der Waals surface area contributed by atoms with Gasteiger partial charge in [0.1, 0.15) is 6.54 Å². The van der Waals surface area contributed by atoms with E-state index in [-0.39, 0.29) is 17.8 Å². The first-order valence-corrected chi connectivity index (χ1v) is 7.57. The Bertz CT molecular complexity index is 1050. The van der Waals surface area contributed by atoms with Gasteiger partial charge in [0.2, 0.25) is 5.91 Å². The molecule has 8 nitrogen and oxygen atoms in total. The minimum absolute atomic E-state index is 0.0420. The number of nitrogens with zero attached hydrogens (tertiary/aromatic N) is 2. The summed E-state index contributed by atoms with van der Waals surface area (Å²) in [6, 6.07) is 8.90. The Morgan fingerprint density at radius 2 is 2.08 bits per heavy atom. The topological polar surface area (TPSA) is 107 Å². The van der Waals surface area contributed by atoms with Gasteiger partial charge >= 0.3 is 5.76 Å². The average molecular weight is 362 g/mol. The first kappa shape index (κ1) is 16.7. The highest BCUT2D eigenvalue weighted by Gasteiger charge is 2.16. The number of halogens is 1. The fourth-order valence-corrected chi connectivity index (χ4v) is 2.66. The van der Waals surface area contributed by atoms with Crippen molar-refractivity contribution in [3.05, 3.63) is 67.6 Å². The van der Waals surface area contributed by atoms with Crippen molar-refractivity contribution in [1.29, 1.82) is 0 Å². The van der Waals surface area contributed by atoms with E-state index in [2.05, 4.69) is 5.32 Å². The normalized spacial score (nSPS) is 10.8. The molecular formula is C16H12ClN3O5. The number of nitro benzene ring substituents is 1. The Labute approximate surface area is 145 Å². The number of carbonyl (C=O) groups excluding carboxylic acids is 1. The molecule has 1 aromatic heterocycles. The van der Waals surface area contributed by atoms with Crippen LogP contribution in [-0.2, 0) is 11.3 Å². The standard InChI is InChI=1S/C16H12ClN3O5/c1-9-2-4-12(11(17)6-9)18-15(21)8-19-13-5-3-10(20(23)24)7-14(13)25-16(19)22/h2-7H,8H2,1H3,(H,18,21). The second-order valence-corrected chi connectivity index (χ2v) is 5.80. The molecule has 25 heavy (non-hydrogen) atoms. The predicted molar refractivity (Wildman–Crippen MR) is 91.9 cm³/mol. The van der Waals surface area contributed by atoms with E-state index < -0.39 is 16.6 Å². The number of amides is 1. The van der Waals surface area contributed by atoms with Gasteiger partial charge in [-0.25, -0.2) is 4.79 Å². The summed E-state index contributed by atoms with van der Waals surface area (Å²) in [5, 5.41) is 13.8. The van der Waals surface area contributed by atoms with Crippen molar-refractivity contribution in [3.8, 4) is 0 Å². The summed E-state index contributed by atoms with van der Waals surface area (Å²) in [6.07, 6.45) is 0. The van der Waals surface area contributed by atoms with Crippen molar-refractivity contribution in [1.82, 2.24) is 4.57 Å². The molecule has 0 saturated carbocycles. The summed E-state index contributed by atoms with van der Waals surface area (Å²) in [4.78, 5) is 34.3. The second-order valence-electron chi connectivity index (χ2n) is 5.39. The van der Waals surface area contributed by atoms with Crippen LogP contribution < -0.4 is 11.1 Å². The number of rotatable bonds is 4. The number of aromatic nitrogens is 1. The number of nitro groups is 1. The largest absolute Gasteiger partial charge is 0.420 e. The lowest BCUT2D eigenvalue weighted by atomic mass is 10.2. The molecule has 0 spiro atoms.